The van der Waals surface area contributed by atoms with Crippen molar-refractivity contribution in [1.82, 2.24) is 5.32 Å². The fourth-order valence-electron chi connectivity index (χ4n) is 1.93. The molecule has 0 aromatic heterocycles. The lowest BCUT2D eigenvalue weighted by molar-refractivity contribution is -0.115. The Hall–Kier alpha value is -2.62. The fourth-order valence-corrected chi connectivity index (χ4v) is 1.93. The number of amides is 2. The van der Waals surface area contributed by atoms with Gasteiger partial charge in [-0.1, -0.05) is 37.3 Å². The van der Waals surface area contributed by atoms with Crippen LogP contribution in [-0.2, 0) is 11.2 Å². The average molecular weight is 282 g/mol. The third-order valence-electron chi connectivity index (χ3n) is 3.06. The maximum absolute atomic E-state index is 11.8. The van der Waals surface area contributed by atoms with Crippen LogP contribution in [-0.4, -0.2) is 18.4 Å². The smallest absolute Gasteiger partial charge is 0.251 e. The van der Waals surface area contributed by atoms with Crippen LogP contribution in [0.25, 0.3) is 0 Å². The van der Waals surface area contributed by atoms with Gasteiger partial charge >= 0.3 is 0 Å². The summed E-state index contributed by atoms with van der Waals surface area (Å²) in [6.07, 6.45) is 0.911. The third kappa shape index (κ3) is 4.45. The van der Waals surface area contributed by atoms with Gasteiger partial charge in [0.05, 0.1) is 6.54 Å². The summed E-state index contributed by atoms with van der Waals surface area (Å²) < 4.78 is 0. The van der Waals surface area contributed by atoms with Gasteiger partial charge in [0.2, 0.25) is 5.91 Å². The summed E-state index contributed by atoms with van der Waals surface area (Å²) in [4.78, 5) is 23.6. The molecule has 4 nitrogen and oxygen atoms in total. The predicted octanol–water partition coefficient (Wildman–Crippen LogP) is 2.62. The number of hydrogen-bond donors (Lipinski definition) is 2. The minimum Gasteiger partial charge on any atom is -0.343 e. The highest BCUT2D eigenvalue weighted by molar-refractivity contribution is 5.99. The Morgan fingerprint density at radius 2 is 1.76 bits per heavy atom. The summed E-state index contributed by atoms with van der Waals surface area (Å²) in [6, 6.07) is 16.5. The van der Waals surface area contributed by atoms with E-state index < -0.39 is 0 Å². The van der Waals surface area contributed by atoms with E-state index >= 15 is 0 Å². The van der Waals surface area contributed by atoms with Crippen molar-refractivity contribution in [2.24, 2.45) is 0 Å². The first kappa shape index (κ1) is 14.8. The highest BCUT2D eigenvalue weighted by atomic mass is 16.2. The van der Waals surface area contributed by atoms with Crippen LogP contribution in [0.3, 0.4) is 0 Å². The van der Waals surface area contributed by atoms with Gasteiger partial charge in [0.25, 0.3) is 5.91 Å². The largest absolute Gasteiger partial charge is 0.343 e. The van der Waals surface area contributed by atoms with E-state index in [1.165, 1.54) is 0 Å². The Kier molecular flexibility index (Phi) is 5.10. The molecular formula is C17H18N2O2. The molecule has 0 unspecified atom stereocenters. The van der Waals surface area contributed by atoms with Gasteiger partial charge in [0, 0.05) is 11.3 Å². The second-order valence-electron chi connectivity index (χ2n) is 4.65. The van der Waals surface area contributed by atoms with Crippen molar-refractivity contribution in [2.45, 2.75) is 13.3 Å². The van der Waals surface area contributed by atoms with E-state index in [4.69, 9.17) is 0 Å². The summed E-state index contributed by atoms with van der Waals surface area (Å²) in [5.41, 5.74) is 2.44. The first-order valence-electron chi connectivity index (χ1n) is 6.91. The number of carbonyl (C=O) groups excluding carboxylic acids is 2. The molecule has 0 fully saturated rings. The monoisotopic (exact) mass is 282 g/mol. The summed E-state index contributed by atoms with van der Waals surface area (Å²) in [7, 11) is 0. The molecule has 0 spiro atoms. The average Bonchev–Trinajstić information content (AvgIpc) is 2.53. The molecule has 2 amide bonds. The van der Waals surface area contributed by atoms with Crippen molar-refractivity contribution in [2.75, 3.05) is 11.9 Å². The van der Waals surface area contributed by atoms with Crippen molar-refractivity contribution < 1.29 is 9.59 Å². The maximum Gasteiger partial charge on any atom is 0.251 e. The van der Waals surface area contributed by atoms with Gasteiger partial charge in [-0.05, 0) is 36.2 Å². The molecule has 2 aromatic rings. The molecule has 0 aliphatic carbocycles. The Bertz CT molecular complexity index is 624. The zero-order valence-corrected chi connectivity index (χ0v) is 11.9. The lowest BCUT2D eigenvalue weighted by atomic mass is 10.1. The van der Waals surface area contributed by atoms with Crippen LogP contribution in [0.1, 0.15) is 22.8 Å². The van der Waals surface area contributed by atoms with E-state index in [9.17, 15) is 9.59 Å². The molecule has 0 bridgehead atoms. The third-order valence-corrected chi connectivity index (χ3v) is 3.06. The lowest BCUT2D eigenvalue weighted by Gasteiger charge is -2.08. The molecule has 108 valence electrons. The van der Waals surface area contributed by atoms with Crippen LogP contribution in [0.15, 0.2) is 54.6 Å². The molecular weight excluding hydrogens is 264 g/mol. The highest BCUT2D eigenvalue weighted by Crippen LogP contribution is 2.10. The lowest BCUT2D eigenvalue weighted by Crippen LogP contribution is -2.32. The Morgan fingerprint density at radius 1 is 1.00 bits per heavy atom. The quantitative estimate of drug-likeness (QED) is 0.885. The van der Waals surface area contributed by atoms with Gasteiger partial charge in [-0.15, -0.1) is 0 Å². The number of benzene rings is 2. The van der Waals surface area contributed by atoms with Crippen LogP contribution < -0.4 is 10.6 Å². The molecule has 2 aromatic carbocycles. The molecule has 0 aliphatic heterocycles. The summed E-state index contributed by atoms with van der Waals surface area (Å²) in [5.74, 6) is -0.499. The molecule has 0 atom stereocenters. The number of nitrogens with one attached hydrogen (secondary N) is 2. The maximum atomic E-state index is 11.8. The highest BCUT2D eigenvalue weighted by Gasteiger charge is 2.07. The molecule has 0 heterocycles. The van der Waals surface area contributed by atoms with Gasteiger partial charge in [-0.25, -0.2) is 0 Å². The van der Waals surface area contributed by atoms with Gasteiger partial charge in [-0.3, -0.25) is 9.59 Å². The summed E-state index contributed by atoms with van der Waals surface area (Å²) in [6.45, 7) is 2.01. The van der Waals surface area contributed by atoms with Crippen LogP contribution in [0.2, 0.25) is 0 Å². The zero-order valence-electron chi connectivity index (χ0n) is 11.9. The molecule has 0 aliphatic rings. The van der Waals surface area contributed by atoms with E-state index in [1.54, 1.807) is 24.3 Å². The number of rotatable bonds is 5. The van der Waals surface area contributed by atoms with Crippen molar-refractivity contribution in [1.29, 1.82) is 0 Å². The second-order valence-corrected chi connectivity index (χ2v) is 4.65. The summed E-state index contributed by atoms with van der Waals surface area (Å²) >= 11 is 0. The topological polar surface area (TPSA) is 58.2 Å². The van der Waals surface area contributed by atoms with Crippen LogP contribution in [0.4, 0.5) is 5.69 Å². The van der Waals surface area contributed by atoms with E-state index in [0.29, 0.717) is 5.56 Å². The fraction of sp³-hybridized carbons (Fsp3) is 0.176. The van der Waals surface area contributed by atoms with E-state index in [-0.39, 0.29) is 18.4 Å². The Labute approximate surface area is 124 Å². The van der Waals surface area contributed by atoms with Crippen molar-refractivity contribution in [3.63, 3.8) is 0 Å². The number of hydrogen-bond acceptors (Lipinski definition) is 2. The standard InChI is InChI=1S/C17H18N2O2/c1-2-13-7-6-10-15(11-13)19-16(20)12-18-17(21)14-8-4-3-5-9-14/h3-11H,2,12H2,1H3,(H,18,21)(H,19,20). The van der Waals surface area contributed by atoms with E-state index in [1.807, 2.05) is 30.3 Å². The van der Waals surface area contributed by atoms with Gasteiger partial charge in [-0.2, -0.15) is 0 Å². The van der Waals surface area contributed by atoms with Crippen molar-refractivity contribution >= 4 is 17.5 Å². The Balaban J connectivity index is 1.86. The molecule has 2 rings (SSSR count). The van der Waals surface area contributed by atoms with Crippen LogP contribution >= 0.6 is 0 Å². The molecule has 0 radical (unpaired) electrons. The summed E-state index contributed by atoms with van der Waals surface area (Å²) in [5, 5.41) is 5.37. The van der Waals surface area contributed by atoms with Crippen LogP contribution in [0, 0.1) is 0 Å². The van der Waals surface area contributed by atoms with Crippen molar-refractivity contribution in [3.8, 4) is 0 Å². The second kappa shape index (κ2) is 7.24. The van der Waals surface area contributed by atoms with Crippen LogP contribution in [0.5, 0.6) is 0 Å². The van der Waals surface area contributed by atoms with Gasteiger partial charge in [0.15, 0.2) is 0 Å². The molecule has 4 heteroatoms. The Morgan fingerprint density at radius 3 is 2.48 bits per heavy atom. The normalized spacial score (nSPS) is 9.95. The van der Waals surface area contributed by atoms with Gasteiger partial charge < -0.3 is 10.6 Å². The first-order valence-corrected chi connectivity index (χ1v) is 6.91. The molecule has 0 saturated heterocycles. The number of carbonyl (C=O) groups is 2. The number of anilines is 1. The molecule has 0 saturated carbocycles. The minimum absolute atomic E-state index is 0.0515. The SMILES string of the molecule is CCc1cccc(NC(=O)CNC(=O)c2ccccc2)c1. The van der Waals surface area contributed by atoms with E-state index in [0.717, 1.165) is 17.7 Å². The molecule has 2 N–H and O–H groups in total. The zero-order chi connectivity index (χ0) is 15.1. The van der Waals surface area contributed by atoms with E-state index in [2.05, 4.69) is 17.6 Å². The van der Waals surface area contributed by atoms with Gasteiger partial charge in [0.1, 0.15) is 0 Å². The predicted molar refractivity (Wildman–Crippen MR) is 83.2 cm³/mol. The number of aryl methyl sites for hydroxylation is 1. The molecule has 21 heavy (non-hydrogen) atoms. The minimum atomic E-state index is -0.256. The van der Waals surface area contributed by atoms with Crippen molar-refractivity contribution in [3.05, 3.63) is 65.7 Å². The first-order chi connectivity index (χ1) is 10.2.